The van der Waals surface area contributed by atoms with Gasteiger partial charge in [0.25, 0.3) is 0 Å². The van der Waals surface area contributed by atoms with Crippen molar-refractivity contribution in [2.45, 2.75) is 26.9 Å². The molecule has 2 aromatic rings. The van der Waals surface area contributed by atoms with E-state index in [2.05, 4.69) is 33.6 Å². The van der Waals surface area contributed by atoms with E-state index < -0.39 is 0 Å². The smallest absolute Gasteiger partial charge is 0.191 e. The Kier molecular flexibility index (Phi) is 7.69. The second-order valence-corrected chi connectivity index (χ2v) is 6.80. The predicted molar refractivity (Wildman–Crippen MR) is 102 cm³/mol. The number of benzene rings is 1. The number of ether oxygens (including phenoxy) is 2. The maximum absolute atomic E-state index is 5.63. The summed E-state index contributed by atoms with van der Waals surface area (Å²) in [5.41, 5.74) is 2.22. The number of guanidine groups is 1. The third kappa shape index (κ3) is 6.36. The standard InChI is InChI=1S/C18H26N4O2S/c1-13-14(2)25-17(22-13)12-21-18(19-3)20-11-15-6-5-7-16(10-15)24-9-8-23-4/h5-7,10H,8-9,11-12H2,1-4H3,(H2,19,20,21). The van der Waals surface area contributed by atoms with Gasteiger partial charge in [0.2, 0.25) is 0 Å². The van der Waals surface area contributed by atoms with Crippen LogP contribution in [0.1, 0.15) is 21.1 Å². The molecule has 0 aliphatic rings. The number of methoxy groups -OCH3 is 1. The molecular formula is C18H26N4O2S. The van der Waals surface area contributed by atoms with E-state index >= 15 is 0 Å². The lowest BCUT2D eigenvalue weighted by Gasteiger charge is -2.12. The van der Waals surface area contributed by atoms with Crippen molar-refractivity contribution in [3.05, 3.63) is 45.4 Å². The monoisotopic (exact) mass is 362 g/mol. The topological polar surface area (TPSA) is 67.8 Å². The molecule has 25 heavy (non-hydrogen) atoms. The molecule has 0 unspecified atom stereocenters. The van der Waals surface area contributed by atoms with Gasteiger partial charge in [0.15, 0.2) is 5.96 Å². The van der Waals surface area contributed by atoms with Crippen molar-refractivity contribution in [1.82, 2.24) is 15.6 Å². The highest BCUT2D eigenvalue weighted by Gasteiger charge is 2.05. The molecular weight excluding hydrogens is 336 g/mol. The SMILES string of the molecule is CN=C(NCc1cccc(OCCOC)c1)NCc1nc(C)c(C)s1. The summed E-state index contributed by atoms with van der Waals surface area (Å²) >= 11 is 1.71. The van der Waals surface area contributed by atoms with E-state index in [0.29, 0.717) is 26.3 Å². The van der Waals surface area contributed by atoms with Crippen molar-refractivity contribution in [2.75, 3.05) is 27.4 Å². The number of rotatable bonds is 8. The molecule has 1 aromatic carbocycles. The van der Waals surface area contributed by atoms with Crippen LogP contribution >= 0.6 is 11.3 Å². The van der Waals surface area contributed by atoms with Crippen LogP contribution in [0.2, 0.25) is 0 Å². The molecule has 2 rings (SSSR count). The zero-order chi connectivity index (χ0) is 18.1. The minimum Gasteiger partial charge on any atom is -0.491 e. The first-order valence-electron chi connectivity index (χ1n) is 8.20. The molecule has 0 saturated carbocycles. The Labute approximate surface area is 153 Å². The first kappa shape index (κ1) is 19.2. The number of aromatic nitrogens is 1. The van der Waals surface area contributed by atoms with Crippen LogP contribution in [-0.4, -0.2) is 38.3 Å². The van der Waals surface area contributed by atoms with Gasteiger partial charge in [-0.3, -0.25) is 4.99 Å². The molecule has 2 N–H and O–H groups in total. The molecule has 0 aliphatic carbocycles. The molecule has 136 valence electrons. The fourth-order valence-electron chi connectivity index (χ4n) is 2.17. The van der Waals surface area contributed by atoms with Crippen LogP contribution in [0.3, 0.4) is 0 Å². The lowest BCUT2D eigenvalue weighted by Crippen LogP contribution is -2.36. The molecule has 0 fully saturated rings. The second kappa shape index (κ2) is 10.0. The number of aryl methyl sites for hydroxylation is 2. The van der Waals surface area contributed by atoms with E-state index in [0.717, 1.165) is 28.0 Å². The lowest BCUT2D eigenvalue weighted by atomic mass is 10.2. The van der Waals surface area contributed by atoms with E-state index in [-0.39, 0.29) is 0 Å². The van der Waals surface area contributed by atoms with Gasteiger partial charge in [-0.2, -0.15) is 0 Å². The van der Waals surface area contributed by atoms with Gasteiger partial charge in [-0.25, -0.2) is 4.98 Å². The minimum atomic E-state index is 0.545. The molecule has 0 radical (unpaired) electrons. The van der Waals surface area contributed by atoms with Crippen LogP contribution in [0.25, 0.3) is 0 Å². The van der Waals surface area contributed by atoms with Crippen molar-refractivity contribution in [3.8, 4) is 5.75 Å². The summed E-state index contributed by atoms with van der Waals surface area (Å²) in [7, 11) is 3.43. The number of nitrogens with zero attached hydrogens (tertiary/aromatic N) is 2. The quantitative estimate of drug-likeness (QED) is 0.429. The highest BCUT2D eigenvalue weighted by molar-refractivity contribution is 7.11. The van der Waals surface area contributed by atoms with Gasteiger partial charge in [0.1, 0.15) is 17.4 Å². The summed E-state index contributed by atoms with van der Waals surface area (Å²) in [6, 6.07) is 8.00. The molecule has 0 saturated heterocycles. The molecule has 0 bridgehead atoms. The number of thiazole rings is 1. The zero-order valence-electron chi connectivity index (χ0n) is 15.3. The fraction of sp³-hybridized carbons (Fsp3) is 0.444. The van der Waals surface area contributed by atoms with Gasteiger partial charge >= 0.3 is 0 Å². The van der Waals surface area contributed by atoms with E-state index in [9.17, 15) is 0 Å². The first-order chi connectivity index (χ1) is 12.1. The normalized spacial score (nSPS) is 11.4. The van der Waals surface area contributed by atoms with Gasteiger partial charge in [-0.1, -0.05) is 12.1 Å². The summed E-state index contributed by atoms with van der Waals surface area (Å²) in [6.07, 6.45) is 0. The summed E-state index contributed by atoms with van der Waals surface area (Å²) < 4.78 is 10.6. The van der Waals surface area contributed by atoms with Crippen LogP contribution in [-0.2, 0) is 17.8 Å². The Balaban J connectivity index is 1.82. The van der Waals surface area contributed by atoms with Crippen molar-refractivity contribution >= 4 is 17.3 Å². The van der Waals surface area contributed by atoms with Crippen molar-refractivity contribution in [3.63, 3.8) is 0 Å². The predicted octanol–water partition coefficient (Wildman–Crippen LogP) is 2.65. The molecule has 0 atom stereocenters. The van der Waals surface area contributed by atoms with Gasteiger partial charge in [-0.05, 0) is 31.5 Å². The van der Waals surface area contributed by atoms with Crippen molar-refractivity contribution < 1.29 is 9.47 Å². The lowest BCUT2D eigenvalue weighted by molar-refractivity contribution is 0.146. The maximum atomic E-state index is 5.63. The molecule has 0 aliphatic heterocycles. The van der Waals surface area contributed by atoms with Gasteiger partial charge in [0.05, 0.1) is 18.8 Å². The molecule has 7 heteroatoms. The highest BCUT2D eigenvalue weighted by Crippen LogP contribution is 2.16. The van der Waals surface area contributed by atoms with E-state index in [1.165, 1.54) is 4.88 Å². The van der Waals surface area contributed by atoms with E-state index in [1.807, 2.05) is 25.1 Å². The summed E-state index contributed by atoms with van der Waals surface area (Å²) in [5, 5.41) is 7.66. The third-order valence-electron chi connectivity index (χ3n) is 3.62. The average Bonchev–Trinajstić information content (AvgIpc) is 2.94. The van der Waals surface area contributed by atoms with Crippen LogP contribution in [0.5, 0.6) is 5.75 Å². The average molecular weight is 362 g/mol. The first-order valence-corrected chi connectivity index (χ1v) is 9.02. The minimum absolute atomic E-state index is 0.545. The van der Waals surface area contributed by atoms with Gasteiger partial charge < -0.3 is 20.1 Å². The Morgan fingerprint density at radius 2 is 2.00 bits per heavy atom. The van der Waals surface area contributed by atoms with Crippen LogP contribution in [0, 0.1) is 13.8 Å². The summed E-state index contributed by atoms with van der Waals surface area (Å²) in [6.45, 7) is 6.57. The Morgan fingerprint density at radius 3 is 2.68 bits per heavy atom. The van der Waals surface area contributed by atoms with E-state index in [1.54, 1.807) is 25.5 Å². The molecule has 1 heterocycles. The van der Waals surface area contributed by atoms with Gasteiger partial charge in [-0.15, -0.1) is 11.3 Å². The second-order valence-electron chi connectivity index (χ2n) is 5.52. The number of aliphatic imine (C=N–C) groups is 1. The Bertz CT molecular complexity index is 681. The van der Waals surface area contributed by atoms with Crippen LogP contribution in [0.4, 0.5) is 0 Å². The molecule has 0 amide bonds. The highest BCUT2D eigenvalue weighted by atomic mass is 32.1. The zero-order valence-corrected chi connectivity index (χ0v) is 16.1. The maximum Gasteiger partial charge on any atom is 0.191 e. The Hall–Kier alpha value is -2.12. The molecule has 1 aromatic heterocycles. The summed E-state index contributed by atoms with van der Waals surface area (Å²) in [5.74, 6) is 1.59. The van der Waals surface area contributed by atoms with Crippen LogP contribution in [0.15, 0.2) is 29.3 Å². The summed E-state index contributed by atoms with van der Waals surface area (Å²) in [4.78, 5) is 10.0. The third-order valence-corrected chi connectivity index (χ3v) is 4.69. The van der Waals surface area contributed by atoms with Crippen molar-refractivity contribution in [2.24, 2.45) is 4.99 Å². The van der Waals surface area contributed by atoms with Crippen LogP contribution < -0.4 is 15.4 Å². The molecule has 6 nitrogen and oxygen atoms in total. The molecule has 0 spiro atoms. The fourth-order valence-corrected chi connectivity index (χ4v) is 3.04. The number of nitrogens with one attached hydrogen (secondary N) is 2. The van der Waals surface area contributed by atoms with E-state index in [4.69, 9.17) is 9.47 Å². The largest absolute Gasteiger partial charge is 0.491 e. The number of hydrogen-bond acceptors (Lipinski definition) is 5. The van der Waals surface area contributed by atoms with Gasteiger partial charge in [0, 0.05) is 25.6 Å². The Morgan fingerprint density at radius 1 is 1.20 bits per heavy atom. The number of hydrogen-bond donors (Lipinski definition) is 2. The van der Waals surface area contributed by atoms with Crippen molar-refractivity contribution in [1.29, 1.82) is 0 Å².